The van der Waals surface area contributed by atoms with Gasteiger partial charge < -0.3 is 9.80 Å². The molecule has 1 heterocycles. The van der Waals surface area contributed by atoms with E-state index in [1.54, 1.807) is 0 Å². The summed E-state index contributed by atoms with van der Waals surface area (Å²) in [5.41, 5.74) is 6.49. The molecule has 1 aliphatic heterocycles. The van der Waals surface area contributed by atoms with Gasteiger partial charge in [-0.3, -0.25) is 4.79 Å². The third-order valence-electron chi connectivity index (χ3n) is 7.31. The smallest absolute Gasteiger partial charge is 0.274 e. The zero-order valence-corrected chi connectivity index (χ0v) is 20.3. The fourth-order valence-corrected chi connectivity index (χ4v) is 5.51. The van der Waals surface area contributed by atoms with Crippen molar-refractivity contribution >= 4 is 24.2 Å². The van der Waals surface area contributed by atoms with Gasteiger partial charge in [-0.05, 0) is 63.3 Å². The van der Waals surface area contributed by atoms with Gasteiger partial charge in [0.15, 0.2) is 0 Å². The average molecular weight is 442 g/mol. The Hall–Kier alpha value is -2.07. The number of aliphatic imine (C=N–C) groups is 1. The summed E-state index contributed by atoms with van der Waals surface area (Å²) >= 11 is 6.19. The summed E-state index contributed by atoms with van der Waals surface area (Å²) in [6.07, 6.45) is 5.97. The second-order valence-corrected chi connectivity index (χ2v) is 9.64. The number of amides is 1. The number of piperazine rings is 1. The van der Waals surface area contributed by atoms with Crippen molar-refractivity contribution in [2.45, 2.75) is 70.2 Å². The predicted octanol–water partition coefficient (Wildman–Crippen LogP) is 5.59. The molecule has 1 unspecified atom stereocenters. The number of hydrogen-bond acceptors (Lipinski definition) is 3. The molecule has 4 nitrogen and oxygen atoms in total. The number of aryl methyl sites for hydroxylation is 1. The van der Waals surface area contributed by atoms with E-state index in [2.05, 4.69) is 60.1 Å². The Morgan fingerprint density at radius 1 is 1.29 bits per heavy atom. The molecule has 3 rings (SSSR count). The average Bonchev–Trinajstić information content (AvgIpc) is 3.25. The number of carbonyl (C=O) groups excluding carboxylic acids is 1. The predicted molar refractivity (Wildman–Crippen MR) is 131 cm³/mol. The van der Waals surface area contributed by atoms with Gasteiger partial charge in [0, 0.05) is 37.6 Å². The van der Waals surface area contributed by atoms with Crippen molar-refractivity contribution in [3.05, 3.63) is 58.4 Å². The zero-order valence-electron chi connectivity index (χ0n) is 19.5. The van der Waals surface area contributed by atoms with Crippen molar-refractivity contribution < 1.29 is 4.79 Å². The van der Waals surface area contributed by atoms with Crippen LogP contribution in [-0.2, 0) is 16.1 Å². The number of benzene rings is 1. The molecule has 5 heteroatoms. The van der Waals surface area contributed by atoms with E-state index in [9.17, 15) is 4.79 Å². The van der Waals surface area contributed by atoms with Gasteiger partial charge in [0.25, 0.3) is 5.91 Å². The Kier molecular flexibility index (Phi) is 7.31. The van der Waals surface area contributed by atoms with E-state index in [-0.39, 0.29) is 11.3 Å². The summed E-state index contributed by atoms with van der Waals surface area (Å²) in [4.78, 5) is 20.5. The van der Waals surface area contributed by atoms with E-state index >= 15 is 0 Å². The van der Waals surface area contributed by atoms with Gasteiger partial charge in [-0.2, -0.15) is 0 Å². The second-order valence-electron chi connectivity index (χ2n) is 9.37. The Balaban J connectivity index is 1.93. The SMILES string of the molecule is C=NC(=O)/C(C)=C1/C(=C)N(C)C(C)CN1CCC1(c2cc(C)cc(CCl)c2)CCCC1. The first-order valence-electron chi connectivity index (χ1n) is 11.3. The minimum atomic E-state index is -0.273. The quantitative estimate of drug-likeness (QED) is 0.328. The molecule has 31 heavy (non-hydrogen) atoms. The Bertz CT molecular complexity index is 898. The lowest BCUT2D eigenvalue weighted by Crippen LogP contribution is -2.48. The molecule has 1 saturated carbocycles. The lowest BCUT2D eigenvalue weighted by Gasteiger charge is -2.45. The molecule has 1 atom stereocenters. The maximum absolute atomic E-state index is 12.4. The van der Waals surface area contributed by atoms with Gasteiger partial charge in [0.05, 0.1) is 11.4 Å². The largest absolute Gasteiger partial charge is 0.369 e. The molecule has 2 fully saturated rings. The molecule has 1 saturated heterocycles. The maximum atomic E-state index is 12.4. The topological polar surface area (TPSA) is 35.9 Å². The summed E-state index contributed by atoms with van der Waals surface area (Å²) in [5, 5.41) is 0. The highest BCUT2D eigenvalue weighted by Gasteiger charge is 2.38. The normalized spacial score (nSPS) is 22.6. The molecule has 2 aliphatic rings. The summed E-state index contributed by atoms with van der Waals surface area (Å²) in [6, 6.07) is 7.17. The first-order chi connectivity index (χ1) is 14.7. The monoisotopic (exact) mass is 441 g/mol. The van der Waals surface area contributed by atoms with E-state index in [1.165, 1.54) is 42.4 Å². The van der Waals surface area contributed by atoms with Crippen molar-refractivity contribution in [1.82, 2.24) is 9.80 Å². The molecule has 0 spiro atoms. The number of rotatable bonds is 6. The minimum Gasteiger partial charge on any atom is -0.369 e. The Morgan fingerprint density at radius 2 is 1.97 bits per heavy atom. The summed E-state index contributed by atoms with van der Waals surface area (Å²) < 4.78 is 0. The standard InChI is InChI=1S/C26H36ClN3O/c1-18-13-22(16-27)15-23(14-18)26(9-7-8-10-26)11-12-30-17-19(2)29(6)21(4)24(30)20(3)25(31)28-5/h13-15,19H,4-5,7-12,16-17H2,1-3,6H3/b24-20-. The van der Waals surface area contributed by atoms with Crippen LogP contribution in [0.2, 0.25) is 0 Å². The lowest BCUT2D eigenvalue weighted by molar-refractivity contribution is -0.114. The van der Waals surface area contributed by atoms with Crippen LogP contribution in [0.5, 0.6) is 0 Å². The van der Waals surface area contributed by atoms with E-state index in [0.717, 1.165) is 30.9 Å². The van der Waals surface area contributed by atoms with Crippen LogP contribution in [0, 0.1) is 6.92 Å². The third-order valence-corrected chi connectivity index (χ3v) is 7.61. The molecule has 0 bridgehead atoms. The fraction of sp³-hybridized carbons (Fsp3) is 0.538. The van der Waals surface area contributed by atoms with Crippen LogP contribution in [0.25, 0.3) is 0 Å². The van der Waals surface area contributed by atoms with Crippen LogP contribution in [0.15, 0.2) is 46.7 Å². The van der Waals surface area contributed by atoms with Crippen LogP contribution in [0.4, 0.5) is 0 Å². The Labute approximate surface area is 192 Å². The van der Waals surface area contributed by atoms with Crippen molar-refractivity contribution in [1.29, 1.82) is 0 Å². The van der Waals surface area contributed by atoms with Gasteiger partial charge in [-0.1, -0.05) is 43.2 Å². The van der Waals surface area contributed by atoms with E-state index < -0.39 is 0 Å². The van der Waals surface area contributed by atoms with Crippen molar-refractivity contribution in [3.63, 3.8) is 0 Å². The minimum absolute atomic E-state index is 0.167. The first-order valence-corrected chi connectivity index (χ1v) is 11.8. The summed E-state index contributed by atoms with van der Waals surface area (Å²) in [6.45, 7) is 15.7. The molecule has 1 aromatic carbocycles. The lowest BCUT2D eigenvalue weighted by atomic mass is 9.75. The van der Waals surface area contributed by atoms with Gasteiger partial charge in [0.1, 0.15) is 0 Å². The second kappa shape index (κ2) is 9.60. The number of hydrogen-bond donors (Lipinski definition) is 0. The van der Waals surface area contributed by atoms with Gasteiger partial charge in [-0.25, -0.2) is 4.99 Å². The zero-order chi connectivity index (χ0) is 22.8. The first kappa shape index (κ1) is 23.6. The van der Waals surface area contributed by atoms with Crippen LogP contribution in [-0.4, -0.2) is 48.6 Å². The molecule has 1 aliphatic carbocycles. The molecule has 0 radical (unpaired) electrons. The molecule has 168 valence electrons. The molecular formula is C26H36ClN3O. The van der Waals surface area contributed by atoms with Crippen molar-refractivity contribution in [3.8, 4) is 0 Å². The van der Waals surface area contributed by atoms with E-state index in [4.69, 9.17) is 11.6 Å². The van der Waals surface area contributed by atoms with E-state index in [0.29, 0.717) is 17.5 Å². The van der Waals surface area contributed by atoms with Crippen LogP contribution >= 0.6 is 11.6 Å². The highest BCUT2D eigenvalue weighted by Crippen LogP contribution is 2.45. The highest BCUT2D eigenvalue weighted by atomic mass is 35.5. The van der Waals surface area contributed by atoms with Crippen molar-refractivity contribution in [2.75, 3.05) is 20.1 Å². The molecule has 0 N–H and O–H groups in total. The van der Waals surface area contributed by atoms with Crippen LogP contribution in [0.1, 0.15) is 62.6 Å². The maximum Gasteiger partial charge on any atom is 0.274 e. The van der Waals surface area contributed by atoms with Crippen molar-refractivity contribution in [2.24, 2.45) is 4.99 Å². The molecule has 0 aromatic heterocycles. The van der Waals surface area contributed by atoms with Gasteiger partial charge in [-0.15, -0.1) is 11.6 Å². The number of carbonyl (C=O) groups is 1. The number of likely N-dealkylation sites (N-methyl/N-ethyl adjacent to an activating group) is 1. The van der Waals surface area contributed by atoms with Crippen LogP contribution in [0.3, 0.4) is 0 Å². The van der Waals surface area contributed by atoms with Gasteiger partial charge >= 0.3 is 0 Å². The van der Waals surface area contributed by atoms with Gasteiger partial charge in [0.2, 0.25) is 0 Å². The number of nitrogens with zero attached hydrogens (tertiary/aromatic N) is 3. The number of halogens is 1. The molecular weight excluding hydrogens is 406 g/mol. The Morgan fingerprint density at radius 3 is 2.58 bits per heavy atom. The summed E-state index contributed by atoms with van der Waals surface area (Å²) in [7, 11) is 2.04. The number of alkyl halides is 1. The third kappa shape index (κ3) is 4.74. The van der Waals surface area contributed by atoms with E-state index in [1.807, 2.05) is 14.0 Å². The summed E-state index contributed by atoms with van der Waals surface area (Å²) in [5.74, 6) is 0.272. The molecule has 1 amide bonds. The fourth-order valence-electron chi connectivity index (χ4n) is 5.35. The highest BCUT2D eigenvalue weighted by molar-refractivity contribution is 6.17. The van der Waals surface area contributed by atoms with Crippen LogP contribution < -0.4 is 0 Å². The molecule has 1 aromatic rings.